The Hall–Kier alpha value is -1.52. The number of amides is 1. The van der Waals surface area contributed by atoms with Crippen molar-refractivity contribution in [2.75, 3.05) is 7.11 Å². The highest BCUT2D eigenvalue weighted by Gasteiger charge is 2.22. The van der Waals surface area contributed by atoms with Crippen molar-refractivity contribution in [1.29, 1.82) is 0 Å². The molecule has 0 saturated heterocycles. The molecule has 0 aliphatic carbocycles. The van der Waals surface area contributed by atoms with Gasteiger partial charge in [0.2, 0.25) is 0 Å². The van der Waals surface area contributed by atoms with E-state index in [1.54, 1.807) is 32.9 Å². The lowest BCUT2D eigenvalue weighted by Gasteiger charge is -2.21. The number of allylic oxidation sites excluding steroid dienone is 1. The summed E-state index contributed by atoms with van der Waals surface area (Å²) in [6.45, 7) is 7.18. The molecule has 0 aliphatic rings. The standard InChI is InChI=1S/C12H21NO4/c1-6-7-8-9(10(14)16-5)13-11(15)17-12(2,3)4/h7-9H,6H2,1-5H3,(H,13,15)/b8-7+/t9-/m0/s1. The van der Waals surface area contributed by atoms with E-state index in [2.05, 4.69) is 10.1 Å². The van der Waals surface area contributed by atoms with Crippen LogP contribution in [0.3, 0.4) is 0 Å². The minimum Gasteiger partial charge on any atom is -0.467 e. The summed E-state index contributed by atoms with van der Waals surface area (Å²) < 4.78 is 9.63. The predicted molar refractivity (Wildman–Crippen MR) is 64.6 cm³/mol. The summed E-state index contributed by atoms with van der Waals surface area (Å²) in [5, 5.41) is 2.44. The molecule has 0 rings (SSSR count). The van der Waals surface area contributed by atoms with E-state index in [0.717, 1.165) is 6.42 Å². The number of carbonyl (C=O) groups excluding carboxylic acids is 2. The lowest BCUT2D eigenvalue weighted by atomic mass is 10.2. The molecule has 0 aliphatic heterocycles. The number of hydrogen-bond donors (Lipinski definition) is 1. The number of rotatable bonds is 4. The number of methoxy groups -OCH3 is 1. The van der Waals surface area contributed by atoms with Crippen molar-refractivity contribution in [3.05, 3.63) is 12.2 Å². The molecule has 1 amide bonds. The molecule has 0 saturated carbocycles. The number of esters is 1. The Morgan fingerprint density at radius 1 is 1.35 bits per heavy atom. The summed E-state index contributed by atoms with van der Waals surface area (Å²) in [6.07, 6.45) is 3.48. The quantitative estimate of drug-likeness (QED) is 0.606. The zero-order chi connectivity index (χ0) is 13.5. The molecule has 0 aromatic carbocycles. The molecule has 0 aromatic heterocycles. The van der Waals surface area contributed by atoms with Gasteiger partial charge in [-0.05, 0) is 27.2 Å². The summed E-state index contributed by atoms with van der Waals surface area (Å²) in [4.78, 5) is 22.9. The van der Waals surface area contributed by atoms with Crippen LogP contribution >= 0.6 is 0 Å². The van der Waals surface area contributed by atoms with E-state index in [4.69, 9.17) is 4.74 Å². The number of carbonyl (C=O) groups is 2. The third kappa shape index (κ3) is 7.38. The highest BCUT2D eigenvalue weighted by atomic mass is 16.6. The molecule has 17 heavy (non-hydrogen) atoms. The molecular formula is C12H21NO4. The van der Waals surface area contributed by atoms with Gasteiger partial charge in [0.15, 0.2) is 0 Å². The van der Waals surface area contributed by atoms with Crippen molar-refractivity contribution < 1.29 is 19.1 Å². The molecule has 0 unspecified atom stereocenters. The lowest BCUT2D eigenvalue weighted by molar-refractivity contribution is -0.141. The SMILES string of the molecule is CC/C=C/[C@H](NC(=O)OC(C)(C)C)C(=O)OC. The van der Waals surface area contributed by atoms with E-state index < -0.39 is 23.7 Å². The predicted octanol–water partition coefficient (Wildman–Crippen LogP) is 2.02. The number of hydrogen-bond acceptors (Lipinski definition) is 4. The Kier molecular flexibility index (Phi) is 6.31. The van der Waals surface area contributed by atoms with Crippen LogP contribution in [-0.4, -0.2) is 30.8 Å². The van der Waals surface area contributed by atoms with Crippen LogP contribution < -0.4 is 5.32 Å². The fraction of sp³-hybridized carbons (Fsp3) is 0.667. The molecule has 98 valence electrons. The van der Waals surface area contributed by atoms with Crippen LogP contribution in [0.15, 0.2) is 12.2 Å². The Labute approximate surface area is 102 Å². The normalized spacial score (nSPS) is 13.2. The number of nitrogens with one attached hydrogen (secondary N) is 1. The third-order valence-corrected chi connectivity index (χ3v) is 1.69. The Bertz CT molecular complexity index is 291. The molecule has 1 atom stereocenters. The van der Waals surface area contributed by atoms with Crippen LogP contribution in [-0.2, 0) is 14.3 Å². The average molecular weight is 243 g/mol. The molecule has 5 nitrogen and oxygen atoms in total. The molecule has 5 heteroatoms. The van der Waals surface area contributed by atoms with Gasteiger partial charge < -0.3 is 14.8 Å². The van der Waals surface area contributed by atoms with Gasteiger partial charge in [-0.1, -0.05) is 19.1 Å². The van der Waals surface area contributed by atoms with Gasteiger partial charge in [0.1, 0.15) is 11.6 Å². The third-order valence-electron chi connectivity index (χ3n) is 1.69. The first kappa shape index (κ1) is 15.5. The summed E-state index contributed by atoms with van der Waals surface area (Å²) in [5.41, 5.74) is -0.598. The van der Waals surface area contributed by atoms with Gasteiger partial charge in [0, 0.05) is 0 Å². The zero-order valence-electron chi connectivity index (χ0n) is 11.1. The Morgan fingerprint density at radius 2 is 1.94 bits per heavy atom. The van der Waals surface area contributed by atoms with Crippen LogP contribution in [0, 0.1) is 0 Å². The molecule has 0 heterocycles. The van der Waals surface area contributed by atoms with Gasteiger partial charge in [-0.15, -0.1) is 0 Å². The van der Waals surface area contributed by atoms with Crippen molar-refractivity contribution in [2.24, 2.45) is 0 Å². The Morgan fingerprint density at radius 3 is 2.35 bits per heavy atom. The molecule has 0 spiro atoms. The molecule has 0 radical (unpaired) electrons. The van der Waals surface area contributed by atoms with Crippen LogP contribution in [0.5, 0.6) is 0 Å². The van der Waals surface area contributed by atoms with Gasteiger partial charge in [-0.2, -0.15) is 0 Å². The summed E-state index contributed by atoms with van der Waals surface area (Å²) >= 11 is 0. The van der Waals surface area contributed by atoms with E-state index in [0.29, 0.717) is 0 Å². The van der Waals surface area contributed by atoms with Crippen molar-refractivity contribution in [2.45, 2.75) is 45.8 Å². The molecular weight excluding hydrogens is 222 g/mol. The maximum atomic E-state index is 11.5. The van der Waals surface area contributed by atoms with E-state index in [1.165, 1.54) is 7.11 Å². The molecule has 0 aromatic rings. The van der Waals surface area contributed by atoms with Crippen LogP contribution in [0.1, 0.15) is 34.1 Å². The van der Waals surface area contributed by atoms with Gasteiger partial charge in [-0.25, -0.2) is 9.59 Å². The lowest BCUT2D eigenvalue weighted by Crippen LogP contribution is -2.42. The maximum absolute atomic E-state index is 11.5. The number of alkyl carbamates (subject to hydrolysis) is 1. The van der Waals surface area contributed by atoms with Crippen LogP contribution in [0.2, 0.25) is 0 Å². The fourth-order valence-electron chi connectivity index (χ4n) is 1.02. The van der Waals surface area contributed by atoms with Crippen molar-refractivity contribution in [3.63, 3.8) is 0 Å². The zero-order valence-corrected chi connectivity index (χ0v) is 11.1. The molecule has 0 fully saturated rings. The second-order valence-electron chi connectivity index (χ2n) is 4.48. The van der Waals surface area contributed by atoms with Crippen molar-refractivity contribution in [3.8, 4) is 0 Å². The van der Waals surface area contributed by atoms with Crippen LogP contribution in [0.25, 0.3) is 0 Å². The summed E-state index contributed by atoms with van der Waals surface area (Å²) in [6, 6.07) is -0.810. The van der Waals surface area contributed by atoms with Gasteiger partial charge in [-0.3, -0.25) is 0 Å². The maximum Gasteiger partial charge on any atom is 0.408 e. The van der Waals surface area contributed by atoms with Crippen molar-refractivity contribution in [1.82, 2.24) is 5.32 Å². The second-order valence-corrected chi connectivity index (χ2v) is 4.48. The molecule has 0 bridgehead atoms. The summed E-state index contributed by atoms with van der Waals surface area (Å²) in [7, 11) is 1.27. The monoisotopic (exact) mass is 243 g/mol. The van der Waals surface area contributed by atoms with E-state index in [1.807, 2.05) is 6.92 Å². The molecule has 1 N–H and O–H groups in total. The number of ether oxygens (including phenoxy) is 2. The highest BCUT2D eigenvalue weighted by molar-refractivity contribution is 5.83. The first-order valence-corrected chi connectivity index (χ1v) is 5.54. The Balaban J connectivity index is 4.48. The van der Waals surface area contributed by atoms with E-state index in [9.17, 15) is 9.59 Å². The van der Waals surface area contributed by atoms with Gasteiger partial charge in [0.05, 0.1) is 7.11 Å². The van der Waals surface area contributed by atoms with Crippen LogP contribution in [0.4, 0.5) is 4.79 Å². The largest absolute Gasteiger partial charge is 0.467 e. The highest BCUT2D eigenvalue weighted by Crippen LogP contribution is 2.07. The summed E-state index contributed by atoms with van der Waals surface area (Å²) in [5.74, 6) is -0.527. The van der Waals surface area contributed by atoms with Crippen molar-refractivity contribution >= 4 is 12.1 Å². The topological polar surface area (TPSA) is 64.6 Å². The first-order valence-electron chi connectivity index (χ1n) is 5.54. The van der Waals surface area contributed by atoms with Gasteiger partial charge >= 0.3 is 12.1 Å². The van der Waals surface area contributed by atoms with Gasteiger partial charge in [0.25, 0.3) is 0 Å². The second kappa shape index (κ2) is 6.93. The smallest absolute Gasteiger partial charge is 0.408 e. The fourth-order valence-corrected chi connectivity index (χ4v) is 1.02. The minimum absolute atomic E-state index is 0.527. The van der Waals surface area contributed by atoms with E-state index >= 15 is 0 Å². The average Bonchev–Trinajstić information content (AvgIpc) is 2.20. The first-order chi connectivity index (χ1) is 7.80. The minimum atomic E-state index is -0.810. The van der Waals surface area contributed by atoms with E-state index in [-0.39, 0.29) is 0 Å².